The van der Waals surface area contributed by atoms with Gasteiger partial charge in [0.15, 0.2) is 5.78 Å². The van der Waals surface area contributed by atoms with E-state index in [2.05, 4.69) is 0 Å². The van der Waals surface area contributed by atoms with E-state index < -0.39 is 24.0 Å². The third-order valence-electron chi connectivity index (χ3n) is 3.03. The molecule has 2 aromatic carbocycles. The smallest absolute Gasteiger partial charge is 0.372 e. The Labute approximate surface area is 137 Å². The van der Waals surface area contributed by atoms with E-state index in [4.69, 9.17) is 21.4 Å². The van der Waals surface area contributed by atoms with Gasteiger partial charge in [-0.1, -0.05) is 35.9 Å². The third-order valence-corrected chi connectivity index (χ3v) is 3.29. The van der Waals surface area contributed by atoms with Crippen molar-refractivity contribution in [3.05, 3.63) is 64.7 Å². The van der Waals surface area contributed by atoms with Crippen molar-refractivity contribution < 1.29 is 24.2 Å². The lowest BCUT2D eigenvalue weighted by Gasteiger charge is -2.08. The molecule has 0 bridgehead atoms. The molecule has 2 rings (SSSR count). The van der Waals surface area contributed by atoms with E-state index >= 15 is 0 Å². The molecule has 0 spiro atoms. The molecule has 5 nitrogen and oxygen atoms in total. The van der Waals surface area contributed by atoms with E-state index in [1.165, 1.54) is 12.1 Å². The highest BCUT2D eigenvalue weighted by Crippen LogP contribution is 2.17. The number of aliphatic carboxylic acids is 1. The summed E-state index contributed by atoms with van der Waals surface area (Å²) in [5, 5.41) is 9.16. The van der Waals surface area contributed by atoms with Gasteiger partial charge in [0, 0.05) is 10.6 Å². The second kappa shape index (κ2) is 7.56. The Bertz CT molecular complexity index is 737. The Hall–Kier alpha value is -2.66. The van der Waals surface area contributed by atoms with Gasteiger partial charge in [-0.15, -0.1) is 0 Å². The summed E-state index contributed by atoms with van der Waals surface area (Å²) in [5.74, 6) is -2.86. The minimum absolute atomic E-state index is 0.230. The quantitative estimate of drug-likeness (QED) is 0.478. The van der Waals surface area contributed by atoms with E-state index in [0.717, 1.165) is 5.56 Å². The topological polar surface area (TPSA) is 80.7 Å². The van der Waals surface area contributed by atoms with E-state index in [1.807, 2.05) is 12.1 Å². The number of carboxylic acid groups (broad SMARTS) is 1. The van der Waals surface area contributed by atoms with Gasteiger partial charge in [-0.3, -0.25) is 9.59 Å². The average molecular weight is 333 g/mol. The lowest BCUT2D eigenvalue weighted by molar-refractivity contribution is -0.148. The zero-order chi connectivity index (χ0) is 16.8. The number of Topliss-reactive ketones (excluding diaryl/α,β-unsaturated/α-hetero) is 2. The predicted molar refractivity (Wildman–Crippen MR) is 83.8 cm³/mol. The fourth-order valence-corrected chi connectivity index (χ4v) is 1.96. The number of halogens is 1. The van der Waals surface area contributed by atoms with Crippen LogP contribution in [0.25, 0.3) is 0 Å². The van der Waals surface area contributed by atoms with Crippen molar-refractivity contribution in [3.8, 4) is 5.75 Å². The molecule has 0 amide bonds. The van der Waals surface area contributed by atoms with Gasteiger partial charge in [-0.05, 0) is 29.8 Å². The van der Waals surface area contributed by atoms with Crippen LogP contribution in [-0.2, 0) is 16.2 Å². The fourth-order valence-electron chi connectivity index (χ4n) is 1.83. The molecule has 0 aromatic heterocycles. The van der Waals surface area contributed by atoms with Gasteiger partial charge in [-0.2, -0.15) is 0 Å². The molecule has 0 aliphatic rings. The summed E-state index contributed by atoms with van der Waals surface area (Å²) in [6, 6.07) is 13.4. The van der Waals surface area contributed by atoms with Crippen molar-refractivity contribution in [2.45, 2.75) is 13.0 Å². The van der Waals surface area contributed by atoms with Gasteiger partial charge in [0.2, 0.25) is 5.78 Å². The van der Waals surface area contributed by atoms with Gasteiger partial charge < -0.3 is 9.84 Å². The van der Waals surface area contributed by atoms with Crippen molar-refractivity contribution in [1.29, 1.82) is 0 Å². The second-order valence-electron chi connectivity index (χ2n) is 4.77. The largest absolute Gasteiger partial charge is 0.489 e. The number of carbonyl (C=O) groups is 3. The Morgan fingerprint density at radius 3 is 2.39 bits per heavy atom. The summed E-state index contributed by atoms with van der Waals surface area (Å²) in [4.78, 5) is 33.4. The molecule has 118 valence electrons. The van der Waals surface area contributed by atoms with E-state index in [9.17, 15) is 14.4 Å². The van der Waals surface area contributed by atoms with Crippen LogP contribution in [0.2, 0.25) is 5.02 Å². The summed E-state index contributed by atoms with van der Waals surface area (Å²) in [7, 11) is 0. The normalized spacial score (nSPS) is 10.1. The summed E-state index contributed by atoms with van der Waals surface area (Å²) >= 11 is 5.80. The van der Waals surface area contributed by atoms with Crippen LogP contribution in [0, 0.1) is 0 Å². The Balaban J connectivity index is 2.01. The zero-order valence-corrected chi connectivity index (χ0v) is 12.7. The van der Waals surface area contributed by atoms with Crippen LogP contribution in [0.1, 0.15) is 22.3 Å². The summed E-state index contributed by atoms with van der Waals surface area (Å²) in [6.45, 7) is 0.295. The Kier molecular flexibility index (Phi) is 5.49. The third kappa shape index (κ3) is 4.93. The fraction of sp³-hybridized carbons (Fsp3) is 0.118. The van der Waals surface area contributed by atoms with Crippen molar-refractivity contribution in [3.63, 3.8) is 0 Å². The number of benzene rings is 2. The molecular formula is C17H13ClO5. The molecule has 0 saturated carbocycles. The molecule has 0 atom stereocenters. The van der Waals surface area contributed by atoms with E-state index in [0.29, 0.717) is 17.4 Å². The molecule has 6 heteroatoms. The number of ether oxygens (including phenoxy) is 1. The van der Waals surface area contributed by atoms with Crippen LogP contribution in [0.3, 0.4) is 0 Å². The van der Waals surface area contributed by atoms with Gasteiger partial charge in [0.1, 0.15) is 12.4 Å². The molecule has 0 aliphatic carbocycles. The van der Waals surface area contributed by atoms with Gasteiger partial charge in [0.05, 0.1) is 6.42 Å². The Morgan fingerprint density at radius 2 is 1.74 bits per heavy atom. The summed E-state index contributed by atoms with van der Waals surface area (Å²) < 4.78 is 5.58. The first-order valence-corrected chi connectivity index (χ1v) is 7.10. The maximum Gasteiger partial charge on any atom is 0.372 e. The molecular weight excluding hydrogens is 320 g/mol. The predicted octanol–water partition coefficient (Wildman–Crippen LogP) is 3.15. The molecule has 1 N–H and O–H groups in total. The molecule has 0 radical (unpaired) electrons. The van der Waals surface area contributed by atoms with E-state index in [-0.39, 0.29) is 5.56 Å². The highest BCUT2D eigenvalue weighted by atomic mass is 35.5. The summed E-state index contributed by atoms with van der Waals surface area (Å²) in [5.41, 5.74) is 1.14. The van der Waals surface area contributed by atoms with Crippen molar-refractivity contribution in [2.24, 2.45) is 0 Å². The van der Waals surface area contributed by atoms with Crippen molar-refractivity contribution in [2.75, 3.05) is 0 Å². The average Bonchev–Trinajstić information content (AvgIpc) is 2.54. The van der Waals surface area contributed by atoms with Crippen LogP contribution in [0.4, 0.5) is 0 Å². The maximum atomic E-state index is 11.9. The minimum atomic E-state index is -1.62. The first-order chi connectivity index (χ1) is 11.0. The van der Waals surface area contributed by atoms with Crippen LogP contribution in [-0.4, -0.2) is 22.6 Å². The second-order valence-corrected chi connectivity index (χ2v) is 5.21. The number of hydrogen-bond acceptors (Lipinski definition) is 4. The van der Waals surface area contributed by atoms with Crippen LogP contribution >= 0.6 is 11.6 Å². The Morgan fingerprint density at radius 1 is 1.04 bits per heavy atom. The van der Waals surface area contributed by atoms with E-state index in [1.54, 1.807) is 24.3 Å². The molecule has 0 fully saturated rings. The molecule has 0 unspecified atom stereocenters. The molecule has 0 aliphatic heterocycles. The number of carboxylic acids is 1. The first-order valence-electron chi connectivity index (χ1n) is 6.72. The molecule has 0 saturated heterocycles. The SMILES string of the molecule is O=C(O)C(=O)CC(=O)c1cccc(OCc2ccc(Cl)cc2)c1. The molecule has 0 heterocycles. The number of ketones is 2. The molecule has 2 aromatic rings. The number of carbonyl (C=O) groups excluding carboxylic acids is 2. The highest BCUT2D eigenvalue weighted by Gasteiger charge is 2.18. The standard InChI is InChI=1S/C17H13ClO5/c18-13-6-4-11(5-7-13)10-23-14-3-1-2-12(8-14)15(19)9-16(20)17(21)22/h1-8H,9-10H2,(H,21,22). The van der Waals surface area contributed by atoms with Crippen molar-refractivity contribution >= 4 is 29.1 Å². The van der Waals surface area contributed by atoms with Gasteiger partial charge in [-0.25, -0.2) is 4.79 Å². The minimum Gasteiger partial charge on any atom is -0.489 e. The lowest BCUT2D eigenvalue weighted by atomic mass is 10.1. The van der Waals surface area contributed by atoms with Gasteiger partial charge in [0.25, 0.3) is 0 Å². The van der Waals surface area contributed by atoms with Gasteiger partial charge >= 0.3 is 5.97 Å². The van der Waals surface area contributed by atoms with Crippen LogP contribution in [0.5, 0.6) is 5.75 Å². The van der Waals surface area contributed by atoms with Crippen molar-refractivity contribution in [1.82, 2.24) is 0 Å². The number of rotatable bonds is 7. The lowest BCUT2D eigenvalue weighted by Crippen LogP contribution is -2.17. The highest BCUT2D eigenvalue weighted by molar-refractivity contribution is 6.37. The summed E-state index contributed by atoms with van der Waals surface area (Å²) in [6.07, 6.45) is -0.671. The van der Waals surface area contributed by atoms with Crippen LogP contribution in [0.15, 0.2) is 48.5 Å². The van der Waals surface area contributed by atoms with Crippen LogP contribution < -0.4 is 4.74 Å². The molecule has 23 heavy (non-hydrogen) atoms. The number of hydrogen-bond donors (Lipinski definition) is 1. The monoisotopic (exact) mass is 332 g/mol. The maximum absolute atomic E-state index is 11.9. The first kappa shape index (κ1) is 16.7. The zero-order valence-electron chi connectivity index (χ0n) is 12.0.